The summed E-state index contributed by atoms with van der Waals surface area (Å²) in [6, 6.07) is 3.65. The zero-order chi connectivity index (χ0) is 18.9. The fourth-order valence-corrected chi connectivity index (χ4v) is 5.72. The van der Waals surface area contributed by atoms with Crippen molar-refractivity contribution in [3.05, 3.63) is 34.7 Å². The highest BCUT2D eigenvalue weighted by molar-refractivity contribution is 6.30. The van der Waals surface area contributed by atoms with E-state index in [1.54, 1.807) is 12.3 Å². The lowest BCUT2D eigenvalue weighted by molar-refractivity contribution is 0.00248. The third kappa shape index (κ3) is 2.53. The van der Waals surface area contributed by atoms with Gasteiger partial charge in [0.05, 0.1) is 29.0 Å². The van der Waals surface area contributed by atoms with Gasteiger partial charge in [-0.1, -0.05) is 11.6 Å². The van der Waals surface area contributed by atoms with Crippen LogP contribution >= 0.6 is 11.6 Å². The zero-order valence-corrected chi connectivity index (χ0v) is 16.7. The van der Waals surface area contributed by atoms with Gasteiger partial charge in [-0.25, -0.2) is 4.98 Å². The number of halogens is 1. The predicted molar refractivity (Wildman–Crippen MR) is 103 cm³/mol. The minimum Gasteiger partial charge on any atom is -0.369 e. The van der Waals surface area contributed by atoms with Crippen molar-refractivity contribution >= 4 is 23.2 Å². The number of imidazole rings is 1. The first-order valence-electron chi connectivity index (χ1n) is 9.64. The third-order valence-electron chi connectivity index (χ3n) is 6.61. The summed E-state index contributed by atoms with van der Waals surface area (Å²) in [5, 5.41) is 0.596. The number of carbonyl (C=O) groups excluding carboxylic acids is 1. The molecule has 5 heterocycles. The molecular formula is C20H25ClN4O2. The highest BCUT2D eigenvalue weighted by atomic mass is 35.5. The molecule has 0 aromatic carbocycles. The van der Waals surface area contributed by atoms with Crippen LogP contribution in [0.15, 0.2) is 18.3 Å². The average molecular weight is 389 g/mol. The fraction of sp³-hybridized carbons (Fsp3) is 0.600. The molecule has 27 heavy (non-hydrogen) atoms. The van der Waals surface area contributed by atoms with Crippen molar-refractivity contribution in [1.82, 2.24) is 19.2 Å². The van der Waals surface area contributed by atoms with E-state index in [4.69, 9.17) is 16.3 Å². The highest BCUT2D eigenvalue weighted by Gasteiger charge is 2.63. The van der Waals surface area contributed by atoms with Crippen LogP contribution in [0.4, 0.5) is 0 Å². The molecule has 2 aromatic rings. The molecule has 4 atom stereocenters. The van der Waals surface area contributed by atoms with E-state index in [-0.39, 0.29) is 11.5 Å². The van der Waals surface area contributed by atoms with Crippen molar-refractivity contribution in [2.75, 3.05) is 33.7 Å². The van der Waals surface area contributed by atoms with Gasteiger partial charge >= 0.3 is 0 Å². The zero-order valence-electron chi connectivity index (χ0n) is 16.0. The highest BCUT2D eigenvalue weighted by Crippen LogP contribution is 2.55. The van der Waals surface area contributed by atoms with E-state index in [9.17, 15) is 4.79 Å². The third-order valence-corrected chi connectivity index (χ3v) is 6.83. The van der Waals surface area contributed by atoms with E-state index in [0.717, 1.165) is 37.3 Å². The van der Waals surface area contributed by atoms with Crippen LogP contribution < -0.4 is 0 Å². The second-order valence-corrected chi connectivity index (χ2v) is 9.04. The first-order chi connectivity index (χ1) is 12.9. The molecule has 2 aromatic heterocycles. The quantitative estimate of drug-likeness (QED) is 0.810. The summed E-state index contributed by atoms with van der Waals surface area (Å²) in [7, 11) is 4.23. The molecular weight excluding hydrogens is 364 g/mol. The number of ether oxygens (including phenoxy) is 1. The lowest BCUT2D eigenvalue weighted by atomic mass is 9.73. The van der Waals surface area contributed by atoms with Gasteiger partial charge in [-0.3, -0.25) is 9.20 Å². The topological polar surface area (TPSA) is 50.1 Å². The van der Waals surface area contributed by atoms with Gasteiger partial charge in [-0.15, -0.1) is 0 Å². The standard InChI is InChI=1S/C20H25ClN4O2/c1-12-18(25-8-13(21)4-5-17(25)22-12)19(26)24-10-15-14(9-23(2)3)16-6-7-20(15,11-24)27-16/h4-5,8,14-16H,6-7,9-11H2,1-3H3/t14-,15+,16+,20+/m0/s1. The van der Waals surface area contributed by atoms with Crippen LogP contribution in [0.5, 0.6) is 0 Å². The Labute approximate surface area is 164 Å². The Kier molecular flexibility index (Phi) is 3.84. The summed E-state index contributed by atoms with van der Waals surface area (Å²) in [4.78, 5) is 22.2. The second kappa shape index (κ2) is 5.93. The van der Waals surface area contributed by atoms with Crippen molar-refractivity contribution in [3.8, 4) is 0 Å². The maximum atomic E-state index is 13.4. The van der Waals surface area contributed by atoms with Crippen LogP contribution in [0, 0.1) is 18.8 Å². The van der Waals surface area contributed by atoms with E-state index < -0.39 is 0 Å². The van der Waals surface area contributed by atoms with Gasteiger partial charge in [0, 0.05) is 31.1 Å². The number of hydrogen-bond acceptors (Lipinski definition) is 4. The maximum Gasteiger partial charge on any atom is 0.272 e. The molecule has 2 bridgehead atoms. The summed E-state index contributed by atoms with van der Waals surface area (Å²) in [6.07, 6.45) is 4.30. The maximum absolute atomic E-state index is 13.4. The summed E-state index contributed by atoms with van der Waals surface area (Å²) in [5.41, 5.74) is 1.96. The molecule has 0 aliphatic carbocycles. The molecule has 3 aliphatic heterocycles. The number of aromatic nitrogens is 2. The molecule has 3 saturated heterocycles. The minimum absolute atomic E-state index is 0.0293. The van der Waals surface area contributed by atoms with Gasteiger partial charge in [0.25, 0.3) is 5.91 Å². The Balaban J connectivity index is 1.46. The van der Waals surface area contributed by atoms with Gasteiger partial charge in [0.1, 0.15) is 11.3 Å². The number of aryl methyl sites for hydroxylation is 1. The number of likely N-dealkylation sites (tertiary alicyclic amines) is 1. The monoisotopic (exact) mass is 388 g/mol. The van der Waals surface area contributed by atoms with Crippen molar-refractivity contribution < 1.29 is 9.53 Å². The number of carbonyl (C=O) groups is 1. The van der Waals surface area contributed by atoms with Gasteiger partial charge in [0.2, 0.25) is 0 Å². The summed E-state index contributed by atoms with van der Waals surface area (Å²) in [5.74, 6) is 0.955. The normalized spacial score (nSPS) is 32.0. The largest absolute Gasteiger partial charge is 0.369 e. The van der Waals surface area contributed by atoms with Crippen LogP contribution in [0.3, 0.4) is 0 Å². The van der Waals surface area contributed by atoms with Crippen molar-refractivity contribution in [1.29, 1.82) is 0 Å². The molecule has 0 N–H and O–H groups in total. The second-order valence-electron chi connectivity index (χ2n) is 8.60. The van der Waals surface area contributed by atoms with E-state index in [1.165, 1.54) is 0 Å². The van der Waals surface area contributed by atoms with Gasteiger partial charge in [-0.2, -0.15) is 0 Å². The Morgan fingerprint density at radius 2 is 2.26 bits per heavy atom. The first kappa shape index (κ1) is 17.5. The predicted octanol–water partition coefficient (Wildman–Crippen LogP) is 2.48. The van der Waals surface area contributed by atoms with Crippen molar-refractivity contribution in [3.63, 3.8) is 0 Å². The Morgan fingerprint density at radius 1 is 1.44 bits per heavy atom. The summed E-state index contributed by atoms with van der Waals surface area (Å²) in [6.45, 7) is 4.36. The molecule has 6 nitrogen and oxygen atoms in total. The van der Waals surface area contributed by atoms with Gasteiger partial charge in [0.15, 0.2) is 0 Å². The lowest BCUT2D eigenvalue weighted by Crippen LogP contribution is -2.40. The molecule has 1 spiro atoms. The van der Waals surface area contributed by atoms with E-state index >= 15 is 0 Å². The van der Waals surface area contributed by atoms with Crippen LogP contribution in [0.25, 0.3) is 5.65 Å². The molecule has 3 aliphatic rings. The smallest absolute Gasteiger partial charge is 0.272 e. The number of nitrogens with zero attached hydrogens (tertiary/aromatic N) is 4. The van der Waals surface area contributed by atoms with Gasteiger partial charge in [-0.05, 0) is 46.0 Å². The van der Waals surface area contributed by atoms with E-state index in [2.05, 4.69) is 24.0 Å². The number of rotatable bonds is 3. The molecule has 1 amide bonds. The number of fused-ring (bicyclic) bond motifs is 2. The minimum atomic E-state index is -0.146. The lowest BCUT2D eigenvalue weighted by Gasteiger charge is -2.30. The molecule has 7 heteroatoms. The average Bonchev–Trinajstić information content (AvgIpc) is 3.32. The van der Waals surface area contributed by atoms with Crippen molar-refractivity contribution in [2.45, 2.75) is 31.5 Å². The Bertz CT molecular complexity index is 926. The van der Waals surface area contributed by atoms with Crippen molar-refractivity contribution in [2.24, 2.45) is 11.8 Å². The SMILES string of the molecule is Cc1nc2ccc(Cl)cn2c1C(=O)N1C[C@@H]2[C@H](CN(C)C)[C@H]3CC[C@]2(C1)O3. The molecule has 0 saturated carbocycles. The number of amides is 1. The first-order valence-corrected chi connectivity index (χ1v) is 10.0. The fourth-order valence-electron chi connectivity index (χ4n) is 5.55. The van der Waals surface area contributed by atoms with Crippen LogP contribution in [-0.4, -0.2) is 70.5 Å². The van der Waals surface area contributed by atoms with Gasteiger partial charge < -0.3 is 14.5 Å². The number of hydrogen-bond donors (Lipinski definition) is 0. The van der Waals surface area contributed by atoms with Crippen LogP contribution in [-0.2, 0) is 4.74 Å². The molecule has 5 rings (SSSR count). The molecule has 3 fully saturated rings. The molecule has 144 valence electrons. The molecule has 0 radical (unpaired) electrons. The Morgan fingerprint density at radius 3 is 3.04 bits per heavy atom. The number of pyridine rings is 1. The Hall–Kier alpha value is -1.63. The van der Waals surface area contributed by atoms with E-state index in [0.29, 0.717) is 35.2 Å². The summed E-state index contributed by atoms with van der Waals surface area (Å²) >= 11 is 6.16. The molecule has 0 unspecified atom stereocenters. The van der Waals surface area contributed by atoms with Crippen LogP contribution in [0.2, 0.25) is 5.02 Å². The van der Waals surface area contributed by atoms with E-state index in [1.807, 2.05) is 22.3 Å². The van der Waals surface area contributed by atoms with Crippen LogP contribution in [0.1, 0.15) is 29.0 Å². The summed E-state index contributed by atoms with van der Waals surface area (Å²) < 4.78 is 8.29.